The predicted molar refractivity (Wildman–Crippen MR) is 62.7 cm³/mol. The van der Waals surface area contributed by atoms with Gasteiger partial charge in [0.2, 0.25) is 5.91 Å². The number of rotatable bonds is 5. The molecule has 17 heavy (non-hydrogen) atoms. The molecule has 0 radical (unpaired) electrons. The van der Waals surface area contributed by atoms with Gasteiger partial charge >= 0.3 is 0 Å². The third-order valence-electron chi connectivity index (χ3n) is 2.27. The van der Waals surface area contributed by atoms with Crippen LogP contribution in [0.4, 0.5) is 14.5 Å². The summed E-state index contributed by atoms with van der Waals surface area (Å²) in [4.78, 5) is 11.5. The van der Waals surface area contributed by atoms with Gasteiger partial charge in [0.25, 0.3) is 0 Å². The number of amides is 1. The van der Waals surface area contributed by atoms with Crippen molar-refractivity contribution in [2.45, 2.75) is 26.3 Å². The Morgan fingerprint density at radius 2 is 1.94 bits per heavy atom. The van der Waals surface area contributed by atoms with Crippen molar-refractivity contribution in [1.82, 2.24) is 5.32 Å². The van der Waals surface area contributed by atoms with Crippen molar-refractivity contribution < 1.29 is 13.6 Å². The fourth-order valence-corrected chi connectivity index (χ4v) is 1.32. The summed E-state index contributed by atoms with van der Waals surface area (Å²) in [5.74, 6) is -1.70. The van der Waals surface area contributed by atoms with E-state index in [9.17, 15) is 13.6 Å². The van der Waals surface area contributed by atoms with Crippen LogP contribution in [0.3, 0.4) is 0 Å². The van der Waals surface area contributed by atoms with Crippen LogP contribution in [0, 0.1) is 11.6 Å². The number of nitrogens with one attached hydrogen (secondary N) is 2. The Kier molecular flexibility index (Phi) is 4.87. The van der Waals surface area contributed by atoms with Crippen LogP contribution in [0.25, 0.3) is 0 Å². The van der Waals surface area contributed by atoms with E-state index in [1.807, 2.05) is 6.92 Å². The van der Waals surface area contributed by atoms with Crippen LogP contribution in [0.1, 0.15) is 20.3 Å². The van der Waals surface area contributed by atoms with Gasteiger partial charge in [-0.1, -0.05) is 13.0 Å². The summed E-state index contributed by atoms with van der Waals surface area (Å²) in [6.07, 6.45) is 0.812. The van der Waals surface area contributed by atoms with Crippen LogP contribution >= 0.6 is 0 Å². The molecule has 0 aliphatic rings. The van der Waals surface area contributed by atoms with Gasteiger partial charge in [-0.05, 0) is 25.5 Å². The molecule has 5 heteroatoms. The summed E-state index contributed by atoms with van der Waals surface area (Å²) in [6, 6.07) is 2.87. The first-order valence-corrected chi connectivity index (χ1v) is 5.54. The molecule has 0 heterocycles. The van der Waals surface area contributed by atoms with E-state index in [-0.39, 0.29) is 11.6 Å². The molecule has 1 amide bonds. The molecular weight excluding hydrogens is 226 g/mol. The zero-order valence-corrected chi connectivity index (χ0v) is 9.89. The van der Waals surface area contributed by atoms with E-state index in [1.165, 1.54) is 6.07 Å². The minimum atomic E-state index is -0.708. The molecule has 0 aliphatic carbocycles. The van der Waals surface area contributed by atoms with E-state index in [1.54, 1.807) is 6.92 Å². The van der Waals surface area contributed by atoms with Crippen LogP contribution in [0.15, 0.2) is 18.2 Å². The summed E-state index contributed by atoms with van der Waals surface area (Å²) >= 11 is 0. The highest BCUT2D eigenvalue weighted by Gasteiger charge is 2.16. The van der Waals surface area contributed by atoms with Gasteiger partial charge in [0.15, 0.2) is 0 Å². The van der Waals surface area contributed by atoms with Gasteiger partial charge in [-0.15, -0.1) is 0 Å². The molecule has 1 aromatic rings. The molecule has 0 saturated carbocycles. The Balaban J connectivity index is 2.67. The lowest BCUT2D eigenvalue weighted by molar-refractivity contribution is -0.121. The molecule has 0 aliphatic heterocycles. The summed E-state index contributed by atoms with van der Waals surface area (Å²) in [7, 11) is 0. The zero-order chi connectivity index (χ0) is 12.8. The predicted octanol–water partition coefficient (Wildman–Crippen LogP) is 2.29. The first kappa shape index (κ1) is 13.4. The molecule has 94 valence electrons. The largest absolute Gasteiger partial charge is 0.369 e. The van der Waals surface area contributed by atoms with Crippen LogP contribution in [0.2, 0.25) is 0 Å². The van der Waals surface area contributed by atoms with E-state index in [0.717, 1.165) is 18.6 Å². The molecule has 3 nitrogen and oxygen atoms in total. The van der Waals surface area contributed by atoms with Gasteiger partial charge in [0.1, 0.15) is 23.4 Å². The SMILES string of the molecule is CCCNC(=O)C(C)Nc1c(F)cccc1F. The Labute approximate surface area is 99.2 Å². The fraction of sp³-hybridized carbons (Fsp3) is 0.417. The first-order chi connectivity index (χ1) is 8.06. The Morgan fingerprint density at radius 3 is 2.47 bits per heavy atom. The van der Waals surface area contributed by atoms with Gasteiger partial charge in [0, 0.05) is 6.54 Å². The van der Waals surface area contributed by atoms with E-state index >= 15 is 0 Å². The van der Waals surface area contributed by atoms with Gasteiger partial charge < -0.3 is 10.6 Å². The number of carbonyl (C=O) groups excluding carboxylic acids is 1. The monoisotopic (exact) mass is 242 g/mol. The minimum Gasteiger partial charge on any atom is -0.369 e. The molecule has 1 rings (SSSR count). The number of para-hydroxylation sites is 1. The molecule has 0 spiro atoms. The molecule has 2 N–H and O–H groups in total. The third kappa shape index (κ3) is 3.69. The molecule has 0 saturated heterocycles. The standard InChI is InChI=1S/C12H16F2N2O/c1-3-7-15-12(17)8(2)16-11-9(13)5-4-6-10(11)14/h4-6,8,16H,3,7H2,1-2H3,(H,15,17). The van der Waals surface area contributed by atoms with Crippen LogP contribution < -0.4 is 10.6 Å². The molecule has 1 unspecified atom stereocenters. The summed E-state index contributed by atoms with van der Waals surface area (Å²) in [6.45, 7) is 4.02. The lowest BCUT2D eigenvalue weighted by atomic mass is 10.2. The molecule has 1 atom stereocenters. The maximum Gasteiger partial charge on any atom is 0.242 e. The molecule has 1 aromatic carbocycles. The molecule has 0 fully saturated rings. The van der Waals surface area contributed by atoms with Crippen LogP contribution in [0.5, 0.6) is 0 Å². The normalized spacial score (nSPS) is 12.0. The van der Waals surface area contributed by atoms with Crippen LogP contribution in [-0.4, -0.2) is 18.5 Å². The summed E-state index contributed by atoms with van der Waals surface area (Å²) in [5, 5.41) is 5.17. The number of halogens is 2. The highest BCUT2D eigenvalue weighted by atomic mass is 19.1. The number of benzene rings is 1. The van der Waals surface area contributed by atoms with Crippen molar-refractivity contribution in [3.8, 4) is 0 Å². The fourth-order valence-electron chi connectivity index (χ4n) is 1.32. The average Bonchev–Trinajstić information content (AvgIpc) is 2.30. The summed E-state index contributed by atoms with van der Waals surface area (Å²) < 4.78 is 26.6. The van der Waals surface area contributed by atoms with Crippen molar-refractivity contribution in [2.75, 3.05) is 11.9 Å². The highest BCUT2D eigenvalue weighted by molar-refractivity contribution is 5.84. The van der Waals surface area contributed by atoms with E-state index in [4.69, 9.17) is 0 Å². The average molecular weight is 242 g/mol. The summed E-state index contributed by atoms with van der Waals surface area (Å²) in [5.41, 5.74) is -0.272. The van der Waals surface area contributed by atoms with Crippen molar-refractivity contribution in [1.29, 1.82) is 0 Å². The second-order valence-electron chi connectivity index (χ2n) is 3.75. The zero-order valence-electron chi connectivity index (χ0n) is 9.89. The molecular formula is C12H16F2N2O. The van der Waals surface area contributed by atoms with Crippen molar-refractivity contribution in [2.24, 2.45) is 0 Å². The highest BCUT2D eigenvalue weighted by Crippen LogP contribution is 2.18. The Morgan fingerprint density at radius 1 is 1.35 bits per heavy atom. The molecule has 0 aromatic heterocycles. The smallest absolute Gasteiger partial charge is 0.242 e. The van der Waals surface area contributed by atoms with Crippen molar-refractivity contribution >= 4 is 11.6 Å². The van der Waals surface area contributed by atoms with Gasteiger partial charge in [0.05, 0.1) is 0 Å². The van der Waals surface area contributed by atoms with E-state index in [2.05, 4.69) is 10.6 Å². The topological polar surface area (TPSA) is 41.1 Å². The van der Waals surface area contributed by atoms with E-state index < -0.39 is 17.7 Å². The quantitative estimate of drug-likeness (QED) is 0.831. The van der Waals surface area contributed by atoms with E-state index in [0.29, 0.717) is 6.54 Å². The lowest BCUT2D eigenvalue weighted by Gasteiger charge is -2.15. The maximum atomic E-state index is 13.3. The number of anilines is 1. The number of hydrogen-bond donors (Lipinski definition) is 2. The minimum absolute atomic E-state index is 0.272. The second kappa shape index (κ2) is 6.18. The molecule has 0 bridgehead atoms. The third-order valence-corrected chi connectivity index (χ3v) is 2.27. The number of hydrogen-bond acceptors (Lipinski definition) is 2. The van der Waals surface area contributed by atoms with Crippen LogP contribution in [-0.2, 0) is 4.79 Å². The van der Waals surface area contributed by atoms with Gasteiger partial charge in [-0.2, -0.15) is 0 Å². The van der Waals surface area contributed by atoms with Crippen molar-refractivity contribution in [3.05, 3.63) is 29.8 Å². The Bertz CT molecular complexity index is 376. The number of carbonyl (C=O) groups is 1. The Hall–Kier alpha value is -1.65. The maximum absolute atomic E-state index is 13.3. The first-order valence-electron chi connectivity index (χ1n) is 5.54. The van der Waals surface area contributed by atoms with Crippen molar-refractivity contribution in [3.63, 3.8) is 0 Å². The van der Waals surface area contributed by atoms with Gasteiger partial charge in [-0.25, -0.2) is 8.78 Å². The lowest BCUT2D eigenvalue weighted by Crippen LogP contribution is -2.38. The van der Waals surface area contributed by atoms with Gasteiger partial charge in [-0.3, -0.25) is 4.79 Å². The second-order valence-corrected chi connectivity index (χ2v) is 3.75.